The van der Waals surface area contributed by atoms with Gasteiger partial charge in [0.1, 0.15) is 11.5 Å². The Morgan fingerprint density at radius 2 is 1.70 bits per heavy atom. The molecule has 2 aliphatic heterocycles. The van der Waals surface area contributed by atoms with Crippen molar-refractivity contribution in [3.63, 3.8) is 0 Å². The highest BCUT2D eigenvalue weighted by atomic mass is 32.2. The van der Waals surface area contributed by atoms with Crippen LogP contribution in [0.1, 0.15) is 18.4 Å². The van der Waals surface area contributed by atoms with E-state index < -0.39 is 16.1 Å². The zero-order chi connectivity index (χ0) is 21.3. The number of ether oxygens (including phenoxy) is 2. The molecule has 2 aromatic rings. The lowest BCUT2D eigenvalue weighted by molar-refractivity contribution is -0.127. The molecule has 2 aromatic carbocycles. The Hall–Kier alpha value is -2.91. The average Bonchev–Trinajstić information content (AvgIpc) is 3.07. The van der Waals surface area contributed by atoms with Gasteiger partial charge in [-0.05, 0) is 61.7 Å². The third-order valence-corrected chi connectivity index (χ3v) is 7.17. The van der Waals surface area contributed by atoms with E-state index in [1.54, 1.807) is 12.1 Å². The van der Waals surface area contributed by atoms with Crippen LogP contribution in [0.25, 0.3) is 0 Å². The van der Waals surface area contributed by atoms with Crippen molar-refractivity contribution < 1.29 is 27.5 Å². The first kappa shape index (κ1) is 20.4. The molecule has 8 nitrogen and oxygen atoms in total. The molecule has 2 saturated heterocycles. The number of hydrogen-bond donors (Lipinski definition) is 0. The minimum Gasteiger partial charge on any atom is -0.457 e. The van der Waals surface area contributed by atoms with Gasteiger partial charge in [-0.2, -0.15) is 4.31 Å². The lowest BCUT2D eigenvalue weighted by Crippen LogP contribution is -2.48. The van der Waals surface area contributed by atoms with E-state index in [2.05, 4.69) is 0 Å². The zero-order valence-electron chi connectivity index (χ0n) is 16.5. The number of hydrogen-bond acceptors (Lipinski definition) is 6. The molecule has 0 unspecified atom stereocenters. The fraction of sp³-hybridized carbons (Fsp3) is 0.333. The minimum atomic E-state index is -3.67. The smallest absolute Gasteiger partial charge is 0.417 e. The molecule has 2 fully saturated rings. The Morgan fingerprint density at radius 3 is 2.30 bits per heavy atom. The molecule has 9 heteroatoms. The number of carbonyl (C=O) groups excluding carboxylic acids is 2. The summed E-state index contributed by atoms with van der Waals surface area (Å²) in [7, 11) is -3.67. The largest absolute Gasteiger partial charge is 0.457 e. The molecular weight excluding hydrogens is 408 g/mol. The summed E-state index contributed by atoms with van der Waals surface area (Å²) in [5.41, 5.74) is 1.07. The van der Waals surface area contributed by atoms with E-state index >= 15 is 0 Å². The monoisotopic (exact) mass is 430 g/mol. The summed E-state index contributed by atoms with van der Waals surface area (Å²) in [5.74, 6) is 0.859. The molecule has 0 aliphatic carbocycles. The summed E-state index contributed by atoms with van der Waals surface area (Å²) in [6.07, 6.45) is 0.119. The van der Waals surface area contributed by atoms with E-state index in [9.17, 15) is 18.0 Å². The molecule has 0 atom stereocenters. The van der Waals surface area contributed by atoms with E-state index in [-0.39, 0.29) is 36.5 Å². The second-order valence-electron chi connectivity index (χ2n) is 7.34. The fourth-order valence-electron chi connectivity index (χ4n) is 3.70. The first-order chi connectivity index (χ1) is 14.3. The van der Waals surface area contributed by atoms with Gasteiger partial charge in [-0.15, -0.1) is 0 Å². The maximum absolute atomic E-state index is 13.0. The highest BCUT2D eigenvalue weighted by molar-refractivity contribution is 7.89. The van der Waals surface area contributed by atoms with E-state index in [0.717, 1.165) is 10.5 Å². The predicted molar refractivity (Wildman–Crippen MR) is 108 cm³/mol. The van der Waals surface area contributed by atoms with Gasteiger partial charge in [0.25, 0.3) is 5.91 Å². The molecule has 4 rings (SSSR count). The molecule has 0 spiro atoms. The Bertz CT molecular complexity index is 1040. The maximum Gasteiger partial charge on any atom is 0.417 e. The molecule has 2 amide bonds. The highest BCUT2D eigenvalue weighted by Gasteiger charge is 2.40. The van der Waals surface area contributed by atoms with Crippen LogP contribution in [0, 0.1) is 6.92 Å². The van der Waals surface area contributed by atoms with Crippen LogP contribution in [-0.2, 0) is 19.6 Å². The lowest BCUT2D eigenvalue weighted by Gasteiger charge is -2.33. The molecule has 2 aliphatic rings. The van der Waals surface area contributed by atoms with Gasteiger partial charge < -0.3 is 9.47 Å². The highest BCUT2D eigenvalue weighted by Crippen LogP contribution is 2.28. The second-order valence-corrected chi connectivity index (χ2v) is 9.28. The zero-order valence-corrected chi connectivity index (χ0v) is 17.3. The second kappa shape index (κ2) is 8.08. The van der Waals surface area contributed by atoms with Gasteiger partial charge in [0.05, 0.1) is 4.90 Å². The van der Waals surface area contributed by atoms with Gasteiger partial charge in [-0.3, -0.25) is 4.79 Å². The van der Waals surface area contributed by atoms with Gasteiger partial charge in [-0.1, -0.05) is 12.1 Å². The van der Waals surface area contributed by atoms with E-state index in [1.807, 2.05) is 31.2 Å². The third-order valence-electron chi connectivity index (χ3n) is 5.26. The molecule has 0 N–H and O–H groups in total. The third kappa shape index (κ3) is 4.03. The first-order valence-corrected chi connectivity index (χ1v) is 11.1. The summed E-state index contributed by atoms with van der Waals surface area (Å²) < 4.78 is 37.8. The van der Waals surface area contributed by atoms with Crippen molar-refractivity contribution in [3.05, 3.63) is 54.1 Å². The van der Waals surface area contributed by atoms with Gasteiger partial charge in [0, 0.05) is 19.1 Å². The van der Waals surface area contributed by atoms with Crippen molar-refractivity contribution in [2.24, 2.45) is 0 Å². The SMILES string of the molecule is Cc1cccc(Oc2ccc(S(=O)(=O)N3CCC(N4C(=O)COC4=O)CC3)cc2)c1. The Labute approximate surface area is 175 Å². The molecule has 30 heavy (non-hydrogen) atoms. The van der Waals surface area contributed by atoms with Crippen molar-refractivity contribution in [2.45, 2.75) is 30.7 Å². The number of imide groups is 1. The standard InChI is InChI=1S/C21H22N2O6S/c1-15-3-2-4-18(13-15)29-17-5-7-19(8-6-17)30(26,27)22-11-9-16(10-12-22)23-20(24)14-28-21(23)25/h2-8,13,16H,9-12,14H2,1H3. The summed E-state index contributed by atoms with van der Waals surface area (Å²) in [4.78, 5) is 24.8. The van der Waals surface area contributed by atoms with Gasteiger partial charge in [0.15, 0.2) is 6.61 Å². The number of rotatable bonds is 5. The van der Waals surface area contributed by atoms with E-state index in [0.29, 0.717) is 24.3 Å². The summed E-state index contributed by atoms with van der Waals surface area (Å²) >= 11 is 0. The van der Waals surface area contributed by atoms with E-state index in [1.165, 1.54) is 16.4 Å². The molecule has 0 bridgehead atoms. The van der Waals surface area contributed by atoms with Crippen LogP contribution in [0.5, 0.6) is 11.5 Å². The van der Waals surface area contributed by atoms with Crippen LogP contribution in [0.15, 0.2) is 53.4 Å². The van der Waals surface area contributed by atoms with Crippen molar-refractivity contribution in [1.82, 2.24) is 9.21 Å². The number of benzene rings is 2. The molecule has 0 aromatic heterocycles. The first-order valence-electron chi connectivity index (χ1n) is 9.68. The Kier molecular flexibility index (Phi) is 5.48. The van der Waals surface area contributed by atoms with E-state index in [4.69, 9.17) is 9.47 Å². The van der Waals surface area contributed by atoms with Crippen molar-refractivity contribution in [1.29, 1.82) is 0 Å². The van der Waals surface area contributed by atoms with Crippen molar-refractivity contribution in [2.75, 3.05) is 19.7 Å². The van der Waals surface area contributed by atoms with Gasteiger partial charge in [-0.25, -0.2) is 18.1 Å². The molecule has 0 radical (unpaired) electrons. The average molecular weight is 430 g/mol. The Morgan fingerprint density at radius 1 is 1.00 bits per heavy atom. The normalized spacial score (nSPS) is 18.5. The van der Waals surface area contributed by atoms with Crippen molar-refractivity contribution in [3.8, 4) is 11.5 Å². The number of cyclic esters (lactones) is 1. The predicted octanol–water partition coefficient (Wildman–Crippen LogP) is 2.92. The molecule has 2 heterocycles. The van der Waals surface area contributed by atoms with Gasteiger partial charge in [0.2, 0.25) is 10.0 Å². The van der Waals surface area contributed by atoms with Crippen LogP contribution in [0.3, 0.4) is 0 Å². The maximum atomic E-state index is 13.0. The minimum absolute atomic E-state index is 0.175. The number of sulfonamides is 1. The summed E-state index contributed by atoms with van der Waals surface area (Å²) in [6, 6.07) is 13.6. The Balaban J connectivity index is 1.41. The quantitative estimate of drug-likeness (QED) is 0.724. The number of piperidine rings is 1. The van der Waals surface area contributed by atoms with Crippen molar-refractivity contribution >= 4 is 22.0 Å². The van der Waals surface area contributed by atoms with Gasteiger partial charge >= 0.3 is 6.09 Å². The van der Waals surface area contributed by atoms with Crippen LogP contribution < -0.4 is 4.74 Å². The lowest BCUT2D eigenvalue weighted by atomic mass is 10.1. The topological polar surface area (TPSA) is 93.2 Å². The molecular formula is C21H22N2O6S. The number of carbonyl (C=O) groups is 2. The summed E-state index contributed by atoms with van der Waals surface area (Å²) in [6.45, 7) is 2.18. The number of aryl methyl sites for hydroxylation is 1. The fourth-order valence-corrected chi connectivity index (χ4v) is 5.17. The van der Waals surface area contributed by atoms with Crippen LogP contribution in [-0.4, -0.2) is 55.4 Å². The van der Waals surface area contributed by atoms with Crippen LogP contribution in [0.2, 0.25) is 0 Å². The van der Waals surface area contributed by atoms with Crippen LogP contribution in [0.4, 0.5) is 4.79 Å². The van der Waals surface area contributed by atoms with Crippen LogP contribution >= 0.6 is 0 Å². The summed E-state index contributed by atoms with van der Waals surface area (Å²) in [5, 5.41) is 0. The number of amides is 2. The number of nitrogens with zero attached hydrogens (tertiary/aromatic N) is 2. The molecule has 0 saturated carbocycles. The molecule has 158 valence electrons.